The molecular formula is C10H18N4O2. The predicted molar refractivity (Wildman–Crippen MR) is 60.0 cm³/mol. The van der Waals surface area contributed by atoms with Crippen LogP contribution in [0.4, 0.5) is 6.01 Å². The number of carbonyl (C=O) groups excluding carboxylic acids is 1. The van der Waals surface area contributed by atoms with E-state index in [-0.39, 0.29) is 17.5 Å². The van der Waals surface area contributed by atoms with Crippen molar-refractivity contribution in [3.05, 3.63) is 5.82 Å². The smallest absolute Gasteiger partial charge is 0.322 e. The van der Waals surface area contributed by atoms with Crippen LogP contribution in [0, 0.1) is 6.92 Å². The minimum atomic E-state index is -0.418. The summed E-state index contributed by atoms with van der Waals surface area (Å²) in [6.45, 7) is 9.23. The standard InChI is InChI=1S/C10H18N4O2/c1-6(8(15)13-10(3,4)5)11-9-12-7(2)14-16-9/h6H,1-5H3,(H,13,15)(H,11,12,14). The zero-order valence-corrected chi connectivity index (χ0v) is 10.3. The molecule has 16 heavy (non-hydrogen) atoms. The van der Waals surface area contributed by atoms with Crippen LogP contribution in [0.3, 0.4) is 0 Å². The van der Waals surface area contributed by atoms with Gasteiger partial charge in [0.2, 0.25) is 5.91 Å². The van der Waals surface area contributed by atoms with Crippen molar-refractivity contribution in [1.82, 2.24) is 15.5 Å². The number of carbonyl (C=O) groups is 1. The lowest BCUT2D eigenvalue weighted by Crippen LogP contribution is -2.47. The average Bonchev–Trinajstić information content (AvgIpc) is 2.48. The maximum atomic E-state index is 11.7. The zero-order chi connectivity index (χ0) is 12.3. The second-order valence-corrected chi connectivity index (χ2v) is 4.75. The van der Waals surface area contributed by atoms with Crippen molar-refractivity contribution < 1.29 is 9.32 Å². The van der Waals surface area contributed by atoms with E-state index >= 15 is 0 Å². The van der Waals surface area contributed by atoms with Gasteiger partial charge in [-0.2, -0.15) is 4.98 Å². The molecule has 6 nitrogen and oxygen atoms in total. The Kier molecular flexibility index (Phi) is 3.51. The maximum absolute atomic E-state index is 11.7. The van der Waals surface area contributed by atoms with E-state index in [1.54, 1.807) is 13.8 Å². The summed E-state index contributed by atoms with van der Waals surface area (Å²) in [6, 6.07) is -0.159. The Morgan fingerprint density at radius 1 is 1.44 bits per heavy atom. The molecule has 0 spiro atoms. The van der Waals surface area contributed by atoms with Gasteiger partial charge in [-0.25, -0.2) is 0 Å². The van der Waals surface area contributed by atoms with Gasteiger partial charge in [0.1, 0.15) is 6.04 Å². The van der Waals surface area contributed by atoms with E-state index in [1.807, 2.05) is 20.8 Å². The lowest BCUT2D eigenvalue weighted by atomic mass is 10.1. The highest BCUT2D eigenvalue weighted by atomic mass is 16.5. The highest BCUT2D eigenvalue weighted by Crippen LogP contribution is 2.06. The monoisotopic (exact) mass is 226 g/mol. The first-order valence-electron chi connectivity index (χ1n) is 5.17. The molecule has 2 N–H and O–H groups in total. The fraction of sp³-hybridized carbons (Fsp3) is 0.700. The summed E-state index contributed by atoms with van der Waals surface area (Å²) in [4.78, 5) is 15.7. The third-order valence-corrected chi connectivity index (χ3v) is 1.76. The van der Waals surface area contributed by atoms with Crippen molar-refractivity contribution >= 4 is 11.9 Å². The highest BCUT2D eigenvalue weighted by molar-refractivity contribution is 5.84. The van der Waals surface area contributed by atoms with E-state index in [4.69, 9.17) is 4.52 Å². The van der Waals surface area contributed by atoms with E-state index < -0.39 is 6.04 Å². The molecule has 0 radical (unpaired) electrons. The molecule has 6 heteroatoms. The summed E-state index contributed by atoms with van der Waals surface area (Å²) in [6.07, 6.45) is 0. The van der Waals surface area contributed by atoms with Gasteiger partial charge in [-0.15, -0.1) is 0 Å². The number of amides is 1. The van der Waals surface area contributed by atoms with Crippen molar-refractivity contribution in [1.29, 1.82) is 0 Å². The van der Waals surface area contributed by atoms with Gasteiger partial charge in [0.25, 0.3) is 0 Å². The minimum Gasteiger partial charge on any atom is -0.350 e. The van der Waals surface area contributed by atoms with Crippen molar-refractivity contribution in [3.8, 4) is 0 Å². The molecule has 0 fully saturated rings. The van der Waals surface area contributed by atoms with E-state index in [9.17, 15) is 4.79 Å². The van der Waals surface area contributed by atoms with Crippen LogP contribution in [0.5, 0.6) is 0 Å². The number of hydrogen-bond acceptors (Lipinski definition) is 5. The molecule has 1 amide bonds. The number of hydrogen-bond donors (Lipinski definition) is 2. The summed E-state index contributed by atoms with van der Waals surface area (Å²) in [5.41, 5.74) is -0.252. The summed E-state index contributed by atoms with van der Waals surface area (Å²) in [5, 5.41) is 9.31. The first-order chi connectivity index (χ1) is 7.28. The van der Waals surface area contributed by atoms with Crippen LogP contribution in [0.1, 0.15) is 33.5 Å². The molecule has 0 bridgehead atoms. The molecule has 90 valence electrons. The molecule has 1 unspecified atom stereocenters. The van der Waals surface area contributed by atoms with Gasteiger partial charge in [0, 0.05) is 5.54 Å². The fourth-order valence-electron chi connectivity index (χ4n) is 1.08. The number of aromatic nitrogens is 2. The topological polar surface area (TPSA) is 80.0 Å². The van der Waals surface area contributed by atoms with Crippen LogP contribution < -0.4 is 10.6 Å². The third kappa shape index (κ3) is 3.88. The second-order valence-electron chi connectivity index (χ2n) is 4.75. The Morgan fingerprint density at radius 2 is 2.06 bits per heavy atom. The Morgan fingerprint density at radius 3 is 2.50 bits per heavy atom. The first kappa shape index (κ1) is 12.5. The number of nitrogens with zero attached hydrogens (tertiary/aromatic N) is 2. The van der Waals surface area contributed by atoms with E-state index in [0.717, 1.165) is 0 Å². The normalized spacial score (nSPS) is 13.3. The number of aryl methyl sites for hydroxylation is 1. The van der Waals surface area contributed by atoms with E-state index in [2.05, 4.69) is 20.8 Å². The van der Waals surface area contributed by atoms with Crippen molar-refractivity contribution in [3.63, 3.8) is 0 Å². The Bertz CT molecular complexity index is 367. The number of rotatable bonds is 3. The molecule has 0 aromatic carbocycles. The summed E-state index contributed by atoms with van der Waals surface area (Å²) in [5.74, 6) is 0.425. The molecule has 1 aromatic rings. The molecule has 1 aromatic heterocycles. The van der Waals surface area contributed by atoms with Crippen LogP contribution in [0.2, 0.25) is 0 Å². The zero-order valence-electron chi connectivity index (χ0n) is 10.3. The number of anilines is 1. The molecule has 1 heterocycles. The molecule has 1 atom stereocenters. The van der Waals surface area contributed by atoms with Crippen LogP contribution in [0.25, 0.3) is 0 Å². The third-order valence-electron chi connectivity index (χ3n) is 1.76. The summed E-state index contributed by atoms with van der Waals surface area (Å²) >= 11 is 0. The Labute approximate surface area is 94.8 Å². The van der Waals surface area contributed by atoms with Gasteiger partial charge in [-0.05, 0) is 34.6 Å². The molecule has 0 aliphatic rings. The fourth-order valence-corrected chi connectivity index (χ4v) is 1.08. The molecule has 0 aliphatic heterocycles. The SMILES string of the molecule is Cc1noc(NC(C)C(=O)NC(C)(C)C)n1. The van der Waals surface area contributed by atoms with Gasteiger partial charge in [0.05, 0.1) is 0 Å². The van der Waals surface area contributed by atoms with Gasteiger partial charge >= 0.3 is 6.01 Å². The average molecular weight is 226 g/mol. The van der Waals surface area contributed by atoms with Gasteiger partial charge in [-0.3, -0.25) is 4.79 Å². The second kappa shape index (κ2) is 4.51. The first-order valence-corrected chi connectivity index (χ1v) is 5.17. The molecular weight excluding hydrogens is 208 g/mol. The molecule has 0 aliphatic carbocycles. The van der Waals surface area contributed by atoms with Crippen LogP contribution >= 0.6 is 0 Å². The lowest BCUT2D eigenvalue weighted by molar-refractivity contribution is -0.122. The summed E-state index contributed by atoms with van der Waals surface area (Å²) in [7, 11) is 0. The van der Waals surface area contributed by atoms with Crippen LogP contribution in [0.15, 0.2) is 4.52 Å². The van der Waals surface area contributed by atoms with E-state index in [0.29, 0.717) is 5.82 Å². The molecule has 0 saturated carbocycles. The number of nitrogens with one attached hydrogen (secondary N) is 2. The quantitative estimate of drug-likeness (QED) is 0.806. The predicted octanol–water partition coefficient (Wildman–Crippen LogP) is 1.09. The van der Waals surface area contributed by atoms with Crippen molar-refractivity contribution in [2.45, 2.75) is 46.2 Å². The maximum Gasteiger partial charge on any atom is 0.322 e. The van der Waals surface area contributed by atoms with Crippen molar-refractivity contribution in [2.24, 2.45) is 0 Å². The van der Waals surface area contributed by atoms with Crippen LogP contribution in [-0.4, -0.2) is 27.6 Å². The van der Waals surface area contributed by atoms with Crippen LogP contribution in [-0.2, 0) is 4.79 Å². The Balaban J connectivity index is 2.52. The largest absolute Gasteiger partial charge is 0.350 e. The van der Waals surface area contributed by atoms with Gasteiger partial charge < -0.3 is 15.2 Å². The van der Waals surface area contributed by atoms with E-state index in [1.165, 1.54) is 0 Å². The molecule has 0 saturated heterocycles. The van der Waals surface area contributed by atoms with Gasteiger partial charge in [0.15, 0.2) is 5.82 Å². The Hall–Kier alpha value is -1.59. The van der Waals surface area contributed by atoms with Gasteiger partial charge in [-0.1, -0.05) is 5.16 Å². The van der Waals surface area contributed by atoms with Crippen molar-refractivity contribution in [2.75, 3.05) is 5.32 Å². The molecule has 1 rings (SSSR count). The minimum absolute atomic E-state index is 0.108. The summed E-state index contributed by atoms with van der Waals surface area (Å²) < 4.78 is 4.86. The lowest BCUT2D eigenvalue weighted by Gasteiger charge is -2.23. The highest BCUT2D eigenvalue weighted by Gasteiger charge is 2.20.